The third kappa shape index (κ3) is 6.37. The predicted molar refractivity (Wildman–Crippen MR) is 127 cm³/mol. The van der Waals surface area contributed by atoms with Gasteiger partial charge in [0.05, 0.1) is 11.1 Å². The Morgan fingerprint density at radius 2 is 1.75 bits per heavy atom. The molecule has 0 aromatic heterocycles. The first kappa shape index (κ1) is 23.4. The van der Waals surface area contributed by atoms with Crippen LogP contribution in [-0.2, 0) is 11.3 Å². The van der Waals surface area contributed by atoms with Crippen molar-refractivity contribution in [3.05, 3.63) is 69.8 Å². The van der Waals surface area contributed by atoms with E-state index in [9.17, 15) is 14.9 Å². The number of nitrogens with zero attached hydrogens (tertiary/aromatic N) is 4. The molecule has 2 aromatic carbocycles. The van der Waals surface area contributed by atoms with E-state index in [2.05, 4.69) is 46.3 Å². The molecule has 0 aliphatic carbocycles. The molecule has 8 nitrogen and oxygen atoms in total. The molecule has 0 radical (unpaired) electrons. The number of likely N-dealkylation sites (tertiary alicyclic amines) is 1. The lowest BCUT2D eigenvalue weighted by Gasteiger charge is -2.30. The molecule has 0 unspecified atom stereocenters. The van der Waals surface area contributed by atoms with E-state index in [4.69, 9.17) is 0 Å². The Hall–Kier alpha value is -3.26. The predicted octanol–water partition coefficient (Wildman–Crippen LogP) is 3.80. The van der Waals surface area contributed by atoms with E-state index in [-0.39, 0.29) is 17.5 Å². The van der Waals surface area contributed by atoms with E-state index in [0.29, 0.717) is 0 Å². The van der Waals surface area contributed by atoms with Crippen LogP contribution < -0.4 is 10.3 Å². The first-order valence-electron chi connectivity index (χ1n) is 11.1. The van der Waals surface area contributed by atoms with Crippen LogP contribution in [0.2, 0.25) is 0 Å². The average Bonchev–Trinajstić information content (AvgIpc) is 2.81. The van der Waals surface area contributed by atoms with E-state index >= 15 is 0 Å². The number of hydrogen-bond acceptors (Lipinski definition) is 6. The van der Waals surface area contributed by atoms with Crippen LogP contribution >= 0.6 is 0 Å². The summed E-state index contributed by atoms with van der Waals surface area (Å²) in [5, 5.41) is 14.9. The summed E-state index contributed by atoms with van der Waals surface area (Å²) in [6.45, 7) is 8.55. The van der Waals surface area contributed by atoms with Gasteiger partial charge in [-0.2, -0.15) is 5.10 Å². The van der Waals surface area contributed by atoms with Crippen LogP contribution in [0.5, 0.6) is 0 Å². The molecule has 32 heavy (non-hydrogen) atoms. The van der Waals surface area contributed by atoms with Crippen LogP contribution in [0.4, 0.5) is 11.4 Å². The molecular weight excluding hydrogens is 406 g/mol. The summed E-state index contributed by atoms with van der Waals surface area (Å²) in [6.07, 6.45) is 3.22. The summed E-state index contributed by atoms with van der Waals surface area (Å²) in [6, 6.07) is 14.8. The van der Waals surface area contributed by atoms with Crippen LogP contribution in [0.15, 0.2) is 53.6 Å². The van der Waals surface area contributed by atoms with Crippen molar-refractivity contribution in [2.45, 2.75) is 33.2 Å². The molecule has 0 spiro atoms. The van der Waals surface area contributed by atoms with E-state index in [0.717, 1.165) is 56.7 Å². The van der Waals surface area contributed by atoms with Gasteiger partial charge in [0, 0.05) is 43.4 Å². The lowest BCUT2D eigenvalue weighted by Crippen LogP contribution is -2.39. The molecule has 1 aliphatic rings. The molecule has 0 saturated carbocycles. The van der Waals surface area contributed by atoms with E-state index in [1.54, 1.807) is 18.3 Å². The van der Waals surface area contributed by atoms with Crippen molar-refractivity contribution >= 4 is 23.5 Å². The maximum absolute atomic E-state index is 12.5. The van der Waals surface area contributed by atoms with E-state index in [1.807, 2.05) is 12.1 Å². The second-order valence-electron chi connectivity index (χ2n) is 7.97. The van der Waals surface area contributed by atoms with Gasteiger partial charge in [-0.15, -0.1) is 0 Å². The number of carbonyl (C=O) groups excluding carboxylic acids is 1. The maximum atomic E-state index is 12.5. The number of nitro groups is 1. The Balaban J connectivity index is 1.42. The van der Waals surface area contributed by atoms with Gasteiger partial charge in [-0.05, 0) is 63.0 Å². The molecule has 3 rings (SSSR count). The smallest absolute Gasteiger partial charge is 0.269 e. The second kappa shape index (κ2) is 11.4. The largest absolute Gasteiger partial charge is 0.372 e. The van der Waals surface area contributed by atoms with Gasteiger partial charge < -0.3 is 4.90 Å². The van der Waals surface area contributed by atoms with Crippen LogP contribution in [0.3, 0.4) is 0 Å². The van der Waals surface area contributed by atoms with Crippen molar-refractivity contribution in [2.24, 2.45) is 11.0 Å². The maximum Gasteiger partial charge on any atom is 0.269 e. The molecule has 1 heterocycles. The normalized spacial score (nSPS) is 15.1. The van der Waals surface area contributed by atoms with Crippen molar-refractivity contribution in [2.75, 3.05) is 31.1 Å². The summed E-state index contributed by atoms with van der Waals surface area (Å²) in [7, 11) is 0. The van der Waals surface area contributed by atoms with Gasteiger partial charge in [-0.3, -0.25) is 19.8 Å². The number of hydrogen-bond donors (Lipinski definition) is 1. The second-order valence-corrected chi connectivity index (χ2v) is 7.97. The minimum atomic E-state index is -0.391. The van der Waals surface area contributed by atoms with Gasteiger partial charge in [0.25, 0.3) is 5.69 Å². The van der Waals surface area contributed by atoms with E-state index < -0.39 is 4.92 Å². The highest BCUT2D eigenvalue weighted by atomic mass is 16.6. The number of hydrazone groups is 1. The van der Waals surface area contributed by atoms with Crippen molar-refractivity contribution < 1.29 is 9.72 Å². The zero-order valence-corrected chi connectivity index (χ0v) is 18.7. The zero-order valence-electron chi connectivity index (χ0n) is 18.7. The van der Waals surface area contributed by atoms with Gasteiger partial charge in [0.2, 0.25) is 5.91 Å². The molecular formula is C24H31N5O3. The first-order valence-corrected chi connectivity index (χ1v) is 11.1. The fourth-order valence-electron chi connectivity index (χ4n) is 3.96. The monoisotopic (exact) mass is 437 g/mol. The first-order chi connectivity index (χ1) is 15.5. The number of non-ortho nitro benzene ring substituents is 1. The SMILES string of the molecule is CCN(CC)c1ccc(/C=N\NC(=O)C2CCN(Cc3ccc([N+](=O)[O-])cc3)CC2)cc1. The number of piperidine rings is 1. The van der Waals surface area contributed by atoms with Gasteiger partial charge in [-0.1, -0.05) is 24.3 Å². The Labute approximate surface area is 189 Å². The number of amides is 1. The highest BCUT2D eigenvalue weighted by Crippen LogP contribution is 2.20. The number of benzene rings is 2. The molecule has 8 heteroatoms. The van der Waals surface area contributed by atoms with Crippen molar-refractivity contribution in [1.82, 2.24) is 10.3 Å². The number of carbonyl (C=O) groups is 1. The summed E-state index contributed by atoms with van der Waals surface area (Å²) < 4.78 is 0. The fraction of sp³-hybridized carbons (Fsp3) is 0.417. The minimum absolute atomic E-state index is 0.0454. The molecule has 1 fully saturated rings. The number of anilines is 1. The van der Waals surface area contributed by atoms with Crippen LogP contribution in [0.25, 0.3) is 0 Å². The topological polar surface area (TPSA) is 91.1 Å². The van der Waals surface area contributed by atoms with Crippen molar-refractivity contribution in [3.63, 3.8) is 0 Å². The zero-order chi connectivity index (χ0) is 22.9. The standard InChI is InChI=1S/C24H31N5O3/c1-3-28(4-2)22-9-5-19(6-10-22)17-25-26-24(30)21-13-15-27(16-14-21)18-20-7-11-23(12-8-20)29(31)32/h5-12,17,21H,3-4,13-16,18H2,1-2H3,(H,26,30)/b25-17-. The van der Waals surface area contributed by atoms with Crippen LogP contribution in [0, 0.1) is 16.0 Å². The fourth-order valence-corrected chi connectivity index (χ4v) is 3.96. The van der Waals surface area contributed by atoms with Crippen molar-refractivity contribution in [3.8, 4) is 0 Å². The Morgan fingerprint density at radius 1 is 1.12 bits per heavy atom. The summed E-state index contributed by atoms with van der Waals surface area (Å²) in [5.41, 5.74) is 5.94. The summed E-state index contributed by atoms with van der Waals surface area (Å²) in [5.74, 6) is -0.0960. The molecule has 1 saturated heterocycles. The van der Waals surface area contributed by atoms with E-state index in [1.165, 1.54) is 17.8 Å². The van der Waals surface area contributed by atoms with Gasteiger partial charge in [-0.25, -0.2) is 5.43 Å². The van der Waals surface area contributed by atoms with Gasteiger partial charge in [0.1, 0.15) is 0 Å². The van der Waals surface area contributed by atoms with Gasteiger partial charge >= 0.3 is 0 Å². The number of rotatable bonds is 9. The lowest BCUT2D eigenvalue weighted by molar-refractivity contribution is -0.384. The third-order valence-electron chi connectivity index (χ3n) is 5.92. The summed E-state index contributed by atoms with van der Waals surface area (Å²) in [4.78, 5) is 27.4. The quantitative estimate of drug-likeness (QED) is 0.366. The highest BCUT2D eigenvalue weighted by Gasteiger charge is 2.24. The Bertz CT molecular complexity index is 916. The molecule has 1 N–H and O–H groups in total. The Morgan fingerprint density at radius 3 is 2.31 bits per heavy atom. The molecule has 170 valence electrons. The number of nitro benzene ring substituents is 1. The minimum Gasteiger partial charge on any atom is -0.372 e. The van der Waals surface area contributed by atoms with Crippen LogP contribution in [0.1, 0.15) is 37.8 Å². The molecule has 1 amide bonds. The average molecular weight is 438 g/mol. The molecule has 1 aliphatic heterocycles. The van der Waals surface area contributed by atoms with Gasteiger partial charge in [0.15, 0.2) is 0 Å². The molecule has 2 aromatic rings. The molecule has 0 atom stereocenters. The number of nitrogens with one attached hydrogen (secondary N) is 1. The highest BCUT2D eigenvalue weighted by molar-refractivity contribution is 5.83. The summed E-state index contributed by atoms with van der Waals surface area (Å²) >= 11 is 0. The van der Waals surface area contributed by atoms with Crippen LogP contribution in [-0.4, -0.2) is 48.1 Å². The lowest BCUT2D eigenvalue weighted by atomic mass is 9.96. The molecule has 0 bridgehead atoms. The Kier molecular flexibility index (Phi) is 8.33. The van der Waals surface area contributed by atoms with Crippen molar-refractivity contribution in [1.29, 1.82) is 0 Å². The third-order valence-corrected chi connectivity index (χ3v) is 5.92.